The van der Waals surface area contributed by atoms with Crippen LogP contribution in [0.25, 0.3) is 10.8 Å². The Morgan fingerprint density at radius 3 is 2.55 bits per heavy atom. The van der Waals surface area contributed by atoms with Crippen LogP contribution in [0.1, 0.15) is 39.4 Å². The van der Waals surface area contributed by atoms with Gasteiger partial charge in [0.1, 0.15) is 6.10 Å². The first-order valence-corrected chi connectivity index (χ1v) is 7.07. The molecule has 0 amide bonds. The number of aliphatic hydroxyl groups excluding tert-OH is 1. The fourth-order valence-electron chi connectivity index (χ4n) is 2.53. The Kier molecular flexibility index (Phi) is 4.41. The van der Waals surface area contributed by atoms with Gasteiger partial charge in [-0.3, -0.25) is 4.98 Å². The zero-order valence-corrected chi connectivity index (χ0v) is 12.6. The van der Waals surface area contributed by atoms with E-state index >= 15 is 0 Å². The molecule has 2 atom stereocenters. The first-order chi connectivity index (χ1) is 9.45. The van der Waals surface area contributed by atoms with Gasteiger partial charge >= 0.3 is 0 Å². The molecule has 0 saturated heterocycles. The van der Waals surface area contributed by atoms with E-state index in [-0.39, 0.29) is 11.5 Å². The maximum atomic E-state index is 10.8. The molecule has 0 aliphatic carbocycles. The number of fused-ring (bicyclic) bond motifs is 1. The molecule has 108 valence electrons. The summed E-state index contributed by atoms with van der Waals surface area (Å²) < 4.78 is 5.79. The minimum atomic E-state index is -0.687. The lowest BCUT2D eigenvalue weighted by Gasteiger charge is -2.34. The van der Waals surface area contributed by atoms with Gasteiger partial charge in [-0.1, -0.05) is 45.0 Å². The lowest BCUT2D eigenvalue weighted by Crippen LogP contribution is -2.35. The molecule has 0 spiro atoms. The summed E-state index contributed by atoms with van der Waals surface area (Å²) in [7, 11) is 0. The highest BCUT2D eigenvalue weighted by atomic mass is 16.5. The molecule has 1 aromatic carbocycles. The van der Waals surface area contributed by atoms with Gasteiger partial charge in [-0.05, 0) is 17.7 Å². The number of rotatable bonds is 4. The van der Waals surface area contributed by atoms with Gasteiger partial charge in [0.25, 0.3) is 0 Å². The highest BCUT2D eigenvalue weighted by Gasteiger charge is 2.33. The maximum Gasteiger partial charge on any atom is 0.108 e. The van der Waals surface area contributed by atoms with Crippen molar-refractivity contribution in [2.24, 2.45) is 5.41 Å². The Morgan fingerprint density at radius 2 is 1.90 bits per heavy atom. The molecule has 0 radical (unpaired) electrons. The van der Waals surface area contributed by atoms with Crippen LogP contribution in [0.2, 0.25) is 0 Å². The van der Waals surface area contributed by atoms with Crippen LogP contribution in [0.4, 0.5) is 0 Å². The predicted molar refractivity (Wildman–Crippen MR) is 81.6 cm³/mol. The average Bonchev–Trinajstić information content (AvgIpc) is 2.42. The number of benzene rings is 1. The van der Waals surface area contributed by atoms with Crippen LogP contribution in [-0.2, 0) is 4.74 Å². The summed E-state index contributed by atoms with van der Waals surface area (Å²) in [4.78, 5) is 4.24. The number of ether oxygens (including phenoxy) is 1. The molecule has 3 nitrogen and oxygen atoms in total. The molecular formula is C17H23NO2. The summed E-state index contributed by atoms with van der Waals surface area (Å²) in [5.41, 5.74) is 0.684. The van der Waals surface area contributed by atoms with Crippen molar-refractivity contribution in [2.75, 3.05) is 6.61 Å². The second-order valence-electron chi connectivity index (χ2n) is 6.14. The number of nitrogens with zero attached hydrogens (tertiary/aromatic N) is 1. The highest BCUT2D eigenvalue weighted by Crippen LogP contribution is 2.35. The first-order valence-electron chi connectivity index (χ1n) is 7.07. The zero-order chi connectivity index (χ0) is 14.8. The van der Waals surface area contributed by atoms with Crippen LogP contribution in [0, 0.1) is 5.41 Å². The Labute approximate surface area is 120 Å². The van der Waals surface area contributed by atoms with Crippen molar-refractivity contribution in [1.82, 2.24) is 4.98 Å². The van der Waals surface area contributed by atoms with Crippen LogP contribution in [0.5, 0.6) is 0 Å². The second kappa shape index (κ2) is 5.90. The van der Waals surface area contributed by atoms with Gasteiger partial charge in [0.2, 0.25) is 0 Å². The fourth-order valence-corrected chi connectivity index (χ4v) is 2.53. The van der Waals surface area contributed by atoms with E-state index in [9.17, 15) is 5.11 Å². The summed E-state index contributed by atoms with van der Waals surface area (Å²) in [6.07, 6.45) is 2.61. The van der Waals surface area contributed by atoms with E-state index in [0.29, 0.717) is 6.61 Å². The van der Waals surface area contributed by atoms with Crippen LogP contribution in [0.3, 0.4) is 0 Å². The summed E-state index contributed by atoms with van der Waals surface area (Å²) in [5, 5.41) is 12.8. The van der Waals surface area contributed by atoms with Crippen molar-refractivity contribution in [2.45, 2.75) is 39.9 Å². The van der Waals surface area contributed by atoms with E-state index in [1.54, 1.807) is 6.20 Å². The van der Waals surface area contributed by atoms with Crippen molar-refractivity contribution in [3.05, 3.63) is 42.2 Å². The number of aromatic nitrogens is 1. The van der Waals surface area contributed by atoms with Crippen LogP contribution < -0.4 is 0 Å². The van der Waals surface area contributed by atoms with E-state index in [1.807, 2.05) is 37.4 Å². The average molecular weight is 273 g/mol. The molecular weight excluding hydrogens is 250 g/mol. The van der Waals surface area contributed by atoms with Crippen molar-refractivity contribution in [3.8, 4) is 0 Å². The summed E-state index contributed by atoms with van der Waals surface area (Å²) in [5.74, 6) is 0. The Morgan fingerprint density at radius 1 is 1.20 bits per heavy atom. The quantitative estimate of drug-likeness (QED) is 0.923. The third kappa shape index (κ3) is 3.00. The van der Waals surface area contributed by atoms with Gasteiger partial charge < -0.3 is 9.84 Å². The van der Waals surface area contributed by atoms with E-state index in [4.69, 9.17) is 4.74 Å². The Hall–Kier alpha value is -1.45. The summed E-state index contributed by atoms with van der Waals surface area (Å²) in [6.45, 7) is 8.77. The van der Waals surface area contributed by atoms with Crippen LogP contribution in [0.15, 0.2) is 36.7 Å². The predicted octanol–water partition coefficient (Wildman–Crippen LogP) is 3.72. The lowest BCUT2D eigenvalue weighted by atomic mass is 9.83. The van der Waals surface area contributed by atoms with E-state index in [2.05, 4.69) is 25.8 Å². The molecule has 20 heavy (non-hydrogen) atoms. The van der Waals surface area contributed by atoms with Crippen molar-refractivity contribution in [1.29, 1.82) is 0 Å². The Balaban J connectivity index is 2.46. The third-order valence-corrected chi connectivity index (χ3v) is 3.50. The molecule has 0 fully saturated rings. The van der Waals surface area contributed by atoms with E-state index in [0.717, 1.165) is 16.3 Å². The van der Waals surface area contributed by atoms with Crippen molar-refractivity contribution in [3.63, 3.8) is 0 Å². The monoisotopic (exact) mass is 273 g/mol. The molecule has 1 heterocycles. The van der Waals surface area contributed by atoms with Gasteiger partial charge in [-0.15, -0.1) is 0 Å². The SMILES string of the molecule is CCOC(C(O)c1cncc2ccccc12)C(C)(C)C. The summed E-state index contributed by atoms with van der Waals surface area (Å²) in [6, 6.07) is 7.97. The largest absolute Gasteiger partial charge is 0.386 e. The minimum Gasteiger partial charge on any atom is -0.386 e. The van der Waals surface area contributed by atoms with Crippen LogP contribution >= 0.6 is 0 Å². The number of hydrogen-bond donors (Lipinski definition) is 1. The molecule has 0 aliphatic heterocycles. The molecule has 0 bridgehead atoms. The second-order valence-corrected chi connectivity index (χ2v) is 6.14. The molecule has 2 aromatic rings. The highest BCUT2D eigenvalue weighted by molar-refractivity contribution is 5.84. The van der Waals surface area contributed by atoms with Crippen LogP contribution in [-0.4, -0.2) is 22.8 Å². The zero-order valence-electron chi connectivity index (χ0n) is 12.6. The first kappa shape index (κ1) is 14.9. The normalized spacial score (nSPS) is 15.2. The van der Waals surface area contributed by atoms with Gasteiger partial charge in [0.15, 0.2) is 0 Å². The number of aliphatic hydroxyl groups is 1. The minimum absolute atomic E-state index is 0.146. The van der Waals surface area contributed by atoms with E-state index in [1.165, 1.54) is 0 Å². The van der Waals surface area contributed by atoms with Gasteiger partial charge in [0, 0.05) is 30.0 Å². The van der Waals surface area contributed by atoms with Gasteiger partial charge in [-0.2, -0.15) is 0 Å². The lowest BCUT2D eigenvalue weighted by molar-refractivity contribution is -0.0894. The smallest absolute Gasteiger partial charge is 0.108 e. The van der Waals surface area contributed by atoms with E-state index < -0.39 is 6.10 Å². The molecule has 3 heteroatoms. The maximum absolute atomic E-state index is 10.8. The summed E-state index contributed by atoms with van der Waals surface area (Å²) >= 11 is 0. The number of pyridine rings is 1. The van der Waals surface area contributed by atoms with Crippen molar-refractivity contribution >= 4 is 10.8 Å². The Bertz CT molecular complexity index is 569. The van der Waals surface area contributed by atoms with Crippen molar-refractivity contribution < 1.29 is 9.84 Å². The molecule has 1 aromatic heterocycles. The van der Waals surface area contributed by atoms with Gasteiger partial charge in [-0.25, -0.2) is 0 Å². The molecule has 2 rings (SSSR count). The standard InChI is InChI=1S/C17H23NO2/c1-5-20-16(17(2,3)4)15(19)14-11-18-10-12-8-6-7-9-13(12)14/h6-11,15-16,19H,5H2,1-4H3. The third-order valence-electron chi connectivity index (χ3n) is 3.50. The van der Waals surface area contributed by atoms with Gasteiger partial charge in [0.05, 0.1) is 6.10 Å². The molecule has 2 unspecified atom stereocenters. The fraction of sp³-hybridized carbons (Fsp3) is 0.471. The molecule has 0 aliphatic rings. The topological polar surface area (TPSA) is 42.4 Å². The number of hydrogen-bond acceptors (Lipinski definition) is 3. The molecule has 0 saturated carbocycles. The molecule has 1 N–H and O–H groups in total.